The largest absolute Gasteiger partial charge is 0.445 e. The lowest BCUT2D eigenvalue weighted by Gasteiger charge is -2.32. The first-order valence-electron chi connectivity index (χ1n) is 8.85. The molecule has 3 aromatic rings. The Morgan fingerprint density at radius 1 is 1.28 bits per heavy atom. The van der Waals surface area contributed by atoms with Gasteiger partial charge in [0.1, 0.15) is 0 Å². The third-order valence-corrected chi connectivity index (χ3v) is 6.23. The van der Waals surface area contributed by atoms with E-state index in [1.165, 1.54) is 11.3 Å². The number of ether oxygens (including phenoxy) is 1. The first kappa shape index (κ1) is 19.9. The van der Waals surface area contributed by atoms with Crippen LogP contribution in [0.15, 0.2) is 48.7 Å². The lowest BCUT2D eigenvalue weighted by Crippen LogP contribution is -2.48. The Morgan fingerprint density at radius 2 is 2.07 bits per heavy atom. The van der Waals surface area contributed by atoms with Gasteiger partial charge in [-0.05, 0) is 42.3 Å². The highest BCUT2D eigenvalue weighted by molar-refractivity contribution is 7.15. The molecule has 1 aliphatic heterocycles. The molecular formula is C21H16Cl2N2O3S. The minimum atomic E-state index is -1.30. The van der Waals surface area contributed by atoms with E-state index >= 15 is 0 Å². The average Bonchev–Trinajstić information content (AvgIpc) is 3.11. The van der Waals surface area contributed by atoms with Gasteiger partial charge < -0.3 is 4.74 Å². The summed E-state index contributed by atoms with van der Waals surface area (Å²) in [5.74, 6) is -0.915. The number of hydrogen-bond donors (Lipinski definition) is 1. The number of nitrogens with one attached hydrogen (secondary N) is 1. The van der Waals surface area contributed by atoms with Gasteiger partial charge in [-0.15, -0.1) is 11.3 Å². The van der Waals surface area contributed by atoms with Crippen molar-refractivity contribution in [2.45, 2.75) is 25.4 Å². The van der Waals surface area contributed by atoms with Crippen LogP contribution in [-0.4, -0.2) is 22.5 Å². The standard InChI is InChI=1S/C21H16Cl2N2O3S/c1-21(10-12-4-2-3-5-16(12)18(26)28-21)19(27)25-20-24-11-15(29-20)9-13-8-14(22)6-7-17(13)23/h2-8,11H,9-10H2,1H3,(H,24,25,27). The molecule has 0 spiro atoms. The van der Waals surface area contributed by atoms with E-state index in [2.05, 4.69) is 10.3 Å². The summed E-state index contributed by atoms with van der Waals surface area (Å²) < 4.78 is 5.46. The number of carbonyl (C=O) groups excluding carboxylic acids is 2. The number of rotatable bonds is 4. The van der Waals surface area contributed by atoms with E-state index < -0.39 is 17.5 Å². The van der Waals surface area contributed by atoms with Crippen LogP contribution in [-0.2, 0) is 22.4 Å². The fourth-order valence-electron chi connectivity index (χ4n) is 3.20. The summed E-state index contributed by atoms with van der Waals surface area (Å²) in [4.78, 5) is 30.3. The van der Waals surface area contributed by atoms with Crippen LogP contribution >= 0.6 is 34.5 Å². The summed E-state index contributed by atoms with van der Waals surface area (Å²) in [7, 11) is 0. The molecule has 0 fully saturated rings. The molecule has 2 aromatic carbocycles. The zero-order valence-electron chi connectivity index (χ0n) is 15.4. The number of nitrogens with zero attached hydrogens (tertiary/aromatic N) is 1. The molecule has 0 saturated carbocycles. The summed E-state index contributed by atoms with van der Waals surface area (Å²) in [5, 5.41) is 4.42. The highest BCUT2D eigenvalue weighted by Gasteiger charge is 2.42. The lowest BCUT2D eigenvalue weighted by atomic mass is 9.89. The number of amides is 1. The van der Waals surface area contributed by atoms with Gasteiger partial charge in [-0.3, -0.25) is 10.1 Å². The third kappa shape index (κ3) is 4.15. The van der Waals surface area contributed by atoms with Crippen molar-refractivity contribution >= 4 is 51.5 Å². The average molecular weight is 447 g/mol. The molecule has 8 heteroatoms. The Balaban J connectivity index is 1.48. The van der Waals surface area contributed by atoms with E-state index in [0.29, 0.717) is 33.6 Å². The Hall–Kier alpha value is -2.41. The van der Waals surface area contributed by atoms with Gasteiger partial charge in [-0.1, -0.05) is 41.4 Å². The lowest BCUT2D eigenvalue weighted by molar-refractivity contribution is -0.134. The molecule has 4 rings (SSSR count). The smallest absolute Gasteiger partial charge is 0.339 e. The van der Waals surface area contributed by atoms with Crippen molar-refractivity contribution in [1.82, 2.24) is 4.98 Å². The second-order valence-corrected chi connectivity index (χ2v) is 8.91. The number of hydrogen-bond acceptors (Lipinski definition) is 5. The number of halogens is 2. The summed E-state index contributed by atoms with van der Waals surface area (Å²) >= 11 is 13.6. The summed E-state index contributed by atoms with van der Waals surface area (Å²) in [6.45, 7) is 1.61. The van der Waals surface area contributed by atoms with E-state index in [4.69, 9.17) is 27.9 Å². The Labute approximate surface area is 181 Å². The van der Waals surface area contributed by atoms with E-state index in [9.17, 15) is 9.59 Å². The van der Waals surface area contributed by atoms with Crippen LogP contribution in [0.3, 0.4) is 0 Å². The molecule has 0 saturated heterocycles. The molecule has 1 atom stereocenters. The van der Waals surface area contributed by atoms with Crippen molar-refractivity contribution < 1.29 is 14.3 Å². The van der Waals surface area contributed by atoms with Crippen LogP contribution in [0.25, 0.3) is 0 Å². The monoisotopic (exact) mass is 446 g/mol. The maximum Gasteiger partial charge on any atom is 0.339 e. The predicted molar refractivity (Wildman–Crippen MR) is 114 cm³/mol. The van der Waals surface area contributed by atoms with Crippen molar-refractivity contribution in [3.8, 4) is 0 Å². The van der Waals surface area contributed by atoms with Crippen LogP contribution in [0, 0.1) is 0 Å². The van der Waals surface area contributed by atoms with Crippen molar-refractivity contribution in [3.63, 3.8) is 0 Å². The molecule has 148 valence electrons. The zero-order valence-corrected chi connectivity index (χ0v) is 17.7. The van der Waals surface area contributed by atoms with E-state index in [-0.39, 0.29) is 0 Å². The fraction of sp³-hybridized carbons (Fsp3) is 0.190. The van der Waals surface area contributed by atoms with Crippen LogP contribution in [0.2, 0.25) is 10.0 Å². The Bertz CT molecular complexity index is 1110. The first-order chi connectivity index (χ1) is 13.8. The van der Waals surface area contributed by atoms with Gasteiger partial charge in [-0.25, -0.2) is 9.78 Å². The van der Waals surface area contributed by atoms with E-state index in [1.54, 1.807) is 37.4 Å². The highest BCUT2D eigenvalue weighted by Crippen LogP contribution is 2.31. The number of carbonyl (C=O) groups is 2. The topological polar surface area (TPSA) is 68.3 Å². The molecule has 0 aliphatic carbocycles. The number of cyclic esters (lactones) is 1. The first-order valence-corrected chi connectivity index (χ1v) is 10.4. The maximum absolute atomic E-state index is 12.9. The van der Waals surface area contributed by atoms with E-state index in [1.807, 2.05) is 18.2 Å². The molecule has 5 nitrogen and oxygen atoms in total. The molecule has 1 aliphatic rings. The number of anilines is 1. The molecular weight excluding hydrogens is 431 g/mol. The van der Waals surface area contributed by atoms with Gasteiger partial charge in [0.05, 0.1) is 5.56 Å². The quantitative estimate of drug-likeness (QED) is 0.562. The molecule has 1 unspecified atom stereocenters. The number of esters is 1. The minimum absolute atomic E-state index is 0.303. The molecule has 0 bridgehead atoms. The summed E-state index contributed by atoms with van der Waals surface area (Å²) in [5.41, 5.74) is 0.864. The molecule has 2 heterocycles. The van der Waals surface area contributed by atoms with Crippen LogP contribution in [0.4, 0.5) is 5.13 Å². The number of thiazole rings is 1. The Kier molecular flexibility index (Phi) is 5.34. The Morgan fingerprint density at radius 3 is 2.90 bits per heavy atom. The second-order valence-electron chi connectivity index (χ2n) is 6.95. The van der Waals surface area contributed by atoms with Crippen molar-refractivity contribution in [2.24, 2.45) is 0 Å². The van der Waals surface area contributed by atoms with Gasteiger partial charge in [0.25, 0.3) is 5.91 Å². The fourth-order valence-corrected chi connectivity index (χ4v) is 4.41. The minimum Gasteiger partial charge on any atom is -0.445 e. The predicted octanol–water partition coefficient (Wildman–Crippen LogP) is 5.15. The van der Waals surface area contributed by atoms with Crippen molar-refractivity contribution in [2.75, 3.05) is 5.32 Å². The normalized spacial score (nSPS) is 18.1. The number of benzene rings is 2. The molecule has 1 amide bonds. The van der Waals surface area contributed by atoms with E-state index in [0.717, 1.165) is 16.0 Å². The number of aromatic nitrogens is 1. The zero-order chi connectivity index (χ0) is 20.6. The summed E-state index contributed by atoms with van der Waals surface area (Å²) in [6.07, 6.45) is 2.53. The molecule has 1 aromatic heterocycles. The SMILES string of the molecule is CC1(C(=O)Nc2ncc(Cc3cc(Cl)ccc3Cl)s2)Cc2ccccc2C(=O)O1. The van der Waals surface area contributed by atoms with Crippen LogP contribution in [0.5, 0.6) is 0 Å². The van der Waals surface area contributed by atoms with Crippen molar-refractivity contribution in [3.05, 3.63) is 80.3 Å². The van der Waals surface area contributed by atoms with Crippen LogP contribution < -0.4 is 5.32 Å². The van der Waals surface area contributed by atoms with Gasteiger partial charge in [-0.2, -0.15) is 0 Å². The van der Waals surface area contributed by atoms with Gasteiger partial charge in [0.2, 0.25) is 0 Å². The maximum atomic E-state index is 12.9. The third-order valence-electron chi connectivity index (χ3n) is 4.71. The molecule has 0 radical (unpaired) electrons. The highest BCUT2D eigenvalue weighted by atomic mass is 35.5. The van der Waals surface area contributed by atoms with Gasteiger partial charge in [0, 0.05) is 34.0 Å². The van der Waals surface area contributed by atoms with Crippen molar-refractivity contribution in [1.29, 1.82) is 0 Å². The second kappa shape index (κ2) is 7.78. The van der Waals surface area contributed by atoms with Gasteiger partial charge in [0.15, 0.2) is 10.7 Å². The van der Waals surface area contributed by atoms with Crippen LogP contribution in [0.1, 0.15) is 33.3 Å². The number of fused-ring (bicyclic) bond motifs is 1. The van der Waals surface area contributed by atoms with Gasteiger partial charge >= 0.3 is 5.97 Å². The molecule has 1 N–H and O–H groups in total. The summed E-state index contributed by atoms with van der Waals surface area (Å²) in [6, 6.07) is 12.4. The molecule has 29 heavy (non-hydrogen) atoms.